The minimum atomic E-state index is -0.912. The van der Waals surface area contributed by atoms with Crippen LogP contribution in [0, 0.1) is 0 Å². The van der Waals surface area contributed by atoms with Gasteiger partial charge in [-0.05, 0) is 24.1 Å². The minimum absolute atomic E-state index is 0.315. The summed E-state index contributed by atoms with van der Waals surface area (Å²) in [5, 5.41) is 3.32. The van der Waals surface area contributed by atoms with Crippen molar-refractivity contribution in [2.24, 2.45) is 0 Å². The monoisotopic (exact) mass is 347 g/mol. The Labute approximate surface area is 133 Å². The summed E-state index contributed by atoms with van der Waals surface area (Å²) in [7, 11) is 1.40. The van der Waals surface area contributed by atoms with Crippen LogP contribution in [0.25, 0.3) is 0 Å². The number of halogens is 1. The van der Waals surface area contributed by atoms with E-state index in [4.69, 9.17) is 4.74 Å². The largest absolute Gasteiger partial charge is 0.467 e. The fraction of sp³-hybridized carbons (Fsp3) is 0.235. The highest BCUT2D eigenvalue weighted by molar-refractivity contribution is 9.10. The second kappa shape index (κ2) is 6.87. The second-order valence-electron chi connectivity index (χ2n) is 4.94. The Morgan fingerprint density at radius 3 is 2.38 bits per heavy atom. The van der Waals surface area contributed by atoms with Crippen LogP contribution in [-0.4, -0.2) is 13.1 Å². The molecule has 0 bridgehead atoms. The number of ether oxygens (including phenoxy) is 1. The summed E-state index contributed by atoms with van der Waals surface area (Å²) in [4.78, 5) is 12.3. The Hall–Kier alpha value is -1.65. The van der Waals surface area contributed by atoms with Crippen LogP contribution in [-0.2, 0) is 21.6 Å². The lowest BCUT2D eigenvalue weighted by atomic mass is 9.91. The van der Waals surface area contributed by atoms with E-state index in [0.717, 1.165) is 15.6 Å². The lowest BCUT2D eigenvalue weighted by Crippen LogP contribution is -2.47. The van der Waals surface area contributed by atoms with E-state index in [1.165, 1.54) is 7.11 Å². The van der Waals surface area contributed by atoms with E-state index in [1.54, 1.807) is 0 Å². The molecule has 0 aliphatic heterocycles. The normalized spacial score (nSPS) is 13.5. The molecule has 21 heavy (non-hydrogen) atoms. The van der Waals surface area contributed by atoms with E-state index in [9.17, 15) is 4.79 Å². The van der Waals surface area contributed by atoms with Gasteiger partial charge in [-0.1, -0.05) is 64.5 Å². The molecule has 3 nitrogen and oxygen atoms in total. The molecule has 0 saturated heterocycles. The van der Waals surface area contributed by atoms with Crippen LogP contribution in [0.4, 0.5) is 0 Å². The van der Waals surface area contributed by atoms with E-state index in [-0.39, 0.29) is 5.97 Å². The maximum atomic E-state index is 12.3. The number of carbonyl (C=O) groups is 1. The van der Waals surface area contributed by atoms with Gasteiger partial charge in [0.05, 0.1) is 7.11 Å². The van der Waals surface area contributed by atoms with E-state index in [0.29, 0.717) is 6.54 Å². The third-order valence-corrected chi connectivity index (χ3v) is 4.19. The Bertz CT molecular complexity index is 615. The maximum absolute atomic E-state index is 12.3. The molecule has 2 rings (SSSR count). The third kappa shape index (κ3) is 3.52. The summed E-state index contributed by atoms with van der Waals surface area (Å²) in [6.45, 7) is 2.41. The number of rotatable bonds is 5. The molecule has 2 aromatic rings. The van der Waals surface area contributed by atoms with Crippen molar-refractivity contribution in [1.29, 1.82) is 0 Å². The zero-order valence-electron chi connectivity index (χ0n) is 12.1. The first-order valence-corrected chi connectivity index (χ1v) is 7.49. The lowest BCUT2D eigenvalue weighted by molar-refractivity contribution is -0.148. The molecule has 0 amide bonds. The number of esters is 1. The average molecular weight is 348 g/mol. The molecule has 0 heterocycles. The Morgan fingerprint density at radius 1 is 1.14 bits per heavy atom. The molecule has 0 spiro atoms. The van der Waals surface area contributed by atoms with Gasteiger partial charge in [-0.3, -0.25) is 5.32 Å². The highest BCUT2D eigenvalue weighted by Crippen LogP contribution is 2.29. The first-order valence-electron chi connectivity index (χ1n) is 6.70. The molecule has 0 fully saturated rings. The molecule has 1 unspecified atom stereocenters. The molecular formula is C17H18BrNO2. The van der Waals surface area contributed by atoms with Crippen LogP contribution in [0.1, 0.15) is 18.1 Å². The quantitative estimate of drug-likeness (QED) is 0.839. The SMILES string of the molecule is COC(=O)C(C)(NCc1ccccc1)c1ccccc1Br. The van der Waals surface area contributed by atoms with Crippen molar-refractivity contribution in [3.8, 4) is 0 Å². The van der Waals surface area contributed by atoms with Gasteiger partial charge in [0.15, 0.2) is 0 Å². The highest BCUT2D eigenvalue weighted by atomic mass is 79.9. The van der Waals surface area contributed by atoms with Crippen LogP contribution in [0.2, 0.25) is 0 Å². The Kier molecular flexibility index (Phi) is 5.15. The smallest absolute Gasteiger partial charge is 0.330 e. The molecule has 1 N–H and O–H groups in total. The van der Waals surface area contributed by atoms with Crippen molar-refractivity contribution < 1.29 is 9.53 Å². The first kappa shape index (κ1) is 15.7. The maximum Gasteiger partial charge on any atom is 0.330 e. The zero-order valence-corrected chi connectivity index (χ0v) is 13.7. The van der Waals surface area contributed by atoms with Gasteiger partial charge in [-0.15, -0.1) is 0 Å². The fourth-order valence-electron chi connectivity index (χ4n) is 2.22. The molecule has 0 aliphatic rings. The molecule has 1 atom stereocenters. The first-order chi connectivity index (χ1) is 10.1. The van der Waals surface area contributed by atoms with E-state index < -0.39 is 5.54 Å². The van der Waals surface area contributed by atoms with Crippen LogP contribution >= 0.6 is 15.9 Å². The summed E-state index contributed by atoms with van der Waals surface area (Å²) in [6, 6.07) is 17.6. The van der Waals surface area contributed by atoms with E-state index >= 15 is 0 Å². The summed E-state index contributed by atoms with van der Waals surface area (Å²) in [6.07, 6.45) is 0. The molecule has 4 heteroatoms. The van der Waals surface area contributed by atoms with Crippen molar-refractivity contribution in [1.82, 2.24) is 5.32 Å². The number of hydrogen-bond acceptors (Lipinski definition) is 3. The molecule has 0 aliphatic carbocycles. The predicted molar refractivity (Wildman–Crippen MR) is 86.8 cm³/mol. The van der Waals surface area contributed by atoms with Crippen molar-refractivity contribution in [3.63, 3.8) is 0 Å². The Balaban J connectivity index is 2.30. The minimum Gasteiger partial charge on any atom is -0.467 e. The summed E-state index contributed by atoms with van der Waals surface area (Å²) < 4.78 is 5.86. The summed E-state index contributed by atoms with van der Waals surface area (Å²) in [5.74, 6) is -0.315. The van der Waals surface area contributed by atoms with Crippen LogP contribution in [0.15, 0.2) is 59.1 Å². The summed E-state index contributed by atoms with van der Waals surface area (Å²) >= 11 is 3.51. The van der Waals surface area contributed by atoms with Gasteiger partial charge in [0.1, 0.15) is 5.54 Å². The van der Waals surface area contributed by atoms with Gasteiger partial charge in [0.2, 0.25) is 0 Å². The summed E-state index contributed by atoms with van der Waals surface area (Å²) in [5.41, 5.74) is 1.05. The van der Waals surface area contributed by atoms with Gasteiger partial charge in [0, 0.05) is 11.0 Å². The van der Waals surface area contributed by atoms with Gasteiger partial charge in [0.25, 0.3) is 0 Å². The van der Waals surface area contributed by atoms with Gasteiger partial charge >= 0.3 is 5.97 Å². The van der Waals surface area contributed by atoms with Gasteiger partial charge < -0.3 is 4.74 Å². The molecule has 2 aromatic carbocycles. The molecular weight excluding hydrogens is 330 g/mol. The number of methoxy groups -OCH3 is 1. The van der Waals surface area contributed by atoms with Crippen molar-refractivity contribution in [2.45, 2.75) is 19.0 Å². The van der Waals surface area contributed by atoms with Crippen LogP contribution in [0.3, 0.4) is 0 Å². The van der Waals surface area contributed by atoms with Crippen molar-refractivity contribution in [2.75, 3.05) is 7.11 Å². The molecule has 0 radical (unpaired) electrons. The number of carbonyl (C=O) groups excluding carboxylic acids is 1. The van der Waals surface area contributed by atoms with E-state index in [2.05, 4.69) is 21.2 Å². The van der Waals surface area contributed by atoms with E-state index in [1.807, 2.05) is 61.5 Å². The second-order valence-corrected chi connectivity index (χ2v) is 5.79. The topological polar surface area (TPSA) is 38.3 Å². The standard InChI is InChI=1S/C17H18BrNO2/c1-17(16(20)21-2,14-10-6-7-11-15(14)18)19-12-13-8-4-3-5-9-13/h3-11,19H,12H2,1-2H3. The number of hydrogen-bond donors (Lipinski definition) is 1. The lowest BCUT2D eigenvalue weighted by Gasteiger charge is -2.29. The van der Waals surface area contributed by atoms with Crippen LogP contribution in [0.5, 0.6) is 0 Å². The van der Waals surface area contributed by atoms with Crippen molar-refractivity contribution in [3.05, 3.63) is 70.2 Å². The number of benzene rings is 2. The van der Waals surface area contributed by atoms with Crippen molar-refractivity contribution >= 4 is 21.9 Å². The highest BCUT2D eigenvalue weighted by Gasteiger charge is 2.37. The van der Waals surface area contributed by atoms with Crippen LogP contribution < -0.4 is 5.32 Å². The Morgan fingerprint density at radius 2 is 1.76 bits per heavy atom. The molecule has 110 valence electrons. The predicted octanol–water partition coefficient (Wildman–Crippen LogP) is 3.63. The average Bonchev–Trinajstić information content (AvgIpc) is 2.53. The zero-order chi connectivity index (χ0) is 15.3. The molecule has 0 saturated carbocycles. The molecule has 0 aromatic heterocycles. The van der Waals surface area contributed by atoms with Gasteiger partial charge in [-0.2, -0.15) is 0 Å². The third-order valence-electron chi connectivity index (χ3n) is 3.50. The van der Waals surface area contributed by atoms with Gasteiger partial charge in [-0.25, -0.2) is 4.79 Å². The number of nitrogens with one attached hydrogen (secondary N) is 1. The fourth-order valence-corrected chi connectivity index (χ4v) is 2.90.